The van der Waals surface area contributed by atoms with Gasteiger partial charge in [0.05, 0.1) is 0 Å². The molecule has 0 saturated heterocycles. The zero-order chi connectivity index (χ0) is 14.0. The Kier molecular flexibility index (Phi) is 4.23. The molecule has 1 heterocycles. The van der Waals surface area contributed by atoms with Crippen molar-refractivity contribution in [3.05, 3.63) is 51.7 Å². The molecular formula is C13H11F3OS2. The third-order valence-electron chi connectivity index (χ3n) is 2.46. The summed E-state index contributed by atoms with van der Waals surface area (Å²) in [4.78, 5) is 1.98. The first kappa shape index (κ1) is 14.4. The number of thiophene rings is 1. The zero-order valence-electron chi connectivity index (χ0n) is 9.94. The van der Waals surface area contributed by atoms with E-state index in [1.807, 2.05) is 19.1 Å². The lowest BCUT2D eigenvalue weighted by Gasteiger charge is -2.10. The van der Waals surface area contributed by atoms with Gasteiger partial charge in [-0.15, -0.1) is 11.3 Å². The third-order valence-corrected chi connectivity index (χ3v) is 4.25. The number of aryl methyl sites for hydroxylation is 1. The number of rotatable bonds is 3. The van der Waals surface area contributed by atoms with Gasteiger partial charge in [-0.25, -0.2) is 0 Å². The molecule has 0 fully saturated rings. The van der Waals surface area contributed by atoms with E-state index in [-0.39, 0.29) is 16.7 Å². The first-order valence-electron chi connectivity index (χ1n) is 5.45. The molecule has 1 N–H and O–H groups in total. The number of aliphatic hydroxyl groups is 1. The Labute approximate surface area is 117 Å². The van der Waals surface area contributed by atoms with E-state index in [0.29, 0.717) is 5.56 Å². The number of aliphatic hydroxyl groups excluding tert-OH is 1. The van der Waals surface area contributed by atoms with Crippen molar-refractivity contribution in [2.24, 2.45) is 0 Å². The van der Waals surface area contributed by atoms with Crippen molar-refractivity contribution in [3.8, 4) is 0 Å². The van der Waals surface area contributed by atoms with Crippen molar-refractivity contribution >= 4 is 23.1 Å². The Morgan fingerprint density at radius 2 is 1.74 bits per heavy atom. The SMILES string of the molecule is Cc1ccc(C(O)c2ccc(SC(F)(F)F)cc2)s1. The van der Waals surface area contributed by atoms with Crippen LogP contribution in [0, 0.1) is 6.92 Å². The molecule has 19 heavy (non-hydrogen) atoms. The van der Waals surface area contributed by atoms with Gasteiger partial charge in [0.15, 0.2) is 0 Å². The van der Waals surface area contributed by atoms with E-state index in [9.17, 15) is 18.3 Å². The van der Waals surface area contributed by atoms with Crippen LogP contribution >= 0.6 is 23.1 Å². The van der Waals surface area contributed by atoms with Gasteiger partial charge in [-0.2, -0.15) is 13.2 Å². The summed E-state index contributed by atoms with van der Waals surface area (Å²) in [5.41, 5.74) is -3.70. The van der Waals surface area contributed by atoms with Crippen molar-refractivity contribution in [1.82, 2.24) is 0 Å². The Balaban J connectivity index is 2.14. The minimum atomic E-state index is -4.29. The standard InChI is InChI=1S/C13H11F3OS2/c1-8-2-7-11(18-8)12(17)9-3-5-10(6-4-9)19-13(14,15)16/h2-7,12,17H,1H3. The average Bonchev–Trinajstić information content (AvgIpc) is 2.74. The molecule has 0 radical (unpaired) electrons. The molecule has 1 aromatic carbocycles. The maximum atomic E-state index is 12.2. The molecule has 0 spiro atoms. The Hall–Kier alpha value is -0.980. The van der Waals surface area contributed by atoms with E-state index in [1.54, 1.807) is 0 Å². The lowest BCUT2D eigenvalue weighted by molar-refractivity contribution is -0.0328. The summed E-state index contributed by atoms with van der Waals surface area (Å²) in [6.07, 6.45) is -0.788. The molecule has 1 atom stereocenters. The second-order valence-corrected chi connectivity index (χ2v) is 6.43. The molecule has 1 nitrogen and oxygen atoms in total. The average molecular weight is 304 g/mol. The van der Waals surface area contributed by atoms with Gasteiger partial charge in [0.25, 0.3) is 0 Å². The zero-order valence-corrected chi connectivity index (χ0v) is 11.6. The maximum Gasteiger partial charge on any atom is 0.446 e. The van der Waals surface area contributed by atoms with Gasteiger partial charge >= 0.3 is 5.51 Å². The molecule has 0 aliphatic rings. The van der Waals surface area contributed by atoms with E-state index < -0.39 is 11.6 Å². The quantitative estimate of drug-likeness (QED) is 0.826. The van der Waals surface area contributed by atoms with E-state index in [4.69, 9.17) is 0 Å². The first-order valence-corrected chi connectivity index (χ1v) is 7.08. The largest absolute Gasteiger partial charge is 0.446 e. The summed E-state index contributed by atoms with van der Waals surface area (Å²) in [6, 6.07) is 9.51. The molecule has 0 aliphatic carbocycles. The maximum absolute atomic E-state index is 12.2. The van der Waals surface area contributed by atoms with Crippen LogP contribution in [0.25, 0.3) is 0 Å². The number of alkyl halides is 3. The summed E-state index contributed by atoms with van der Waals surface area (Å²) in [5.74, 6) is 0. The highest BCUT2D eigenvalue weighted by molar-refractivity contribution is 8.00. The fraction of sp³-hybridized carbons (Fsp3) is 0.231. The summed E-state index contributed by atoms with van der Waals surface area (Å²) in [7, 11) is 0. The minimum Gasteiger partial charge on any atom is -0.383 e. The Bertz CT molecular complexity index is 546. The molecule has 0 saturated carbocycles. The predicted octanol–water partition coefficient (Wildman–Crippen LogP) is 4.75. The highest BCUT2D eigenvalue weighted by Crippen LogP contribution is 2.37. The normalized spacial score (nSPS) is 13.5. The van der Waals surface area contributed by atoms with Gasteiger partial charge in [-0.1, -0.05) is 12.1 Å². The van der Waals surface area contributed by atoms with Crippen molar-refractivity contribution in [1.29, 1.82) is 0 Å². The smallest absolute Gasteiger partial charge is 0.383 e. The van der Waals surface area contributed by atoms with Crippen LogP contribution in [0.3, 0.4) is 0 Å². The van der Waals surface area contributed by atoms with E-state index >= 15 is 0 Å². The van der Waals surface area contributed by atoms with Crippen LogP contribution in [0.5, 0.6) is 0 Å². The Morgan fingerprint density at radius 3 is 2.21 bits per heavy atom. The van der Waals surface area contributed by atoms with Crippen LogP contribution < -0.4 is 0 Å². The van der Waals surface area contributed by atoms with Gasteiger partial charge in [0.2, 0.25) is 0 Å². The summed E-state index contributed by atoms with van der Waals surface area (Å²) >= 11 is 1.31. The highest BCUT2D eigenvalue weighted by Gasteiger charge is 2.29. The van der Waals surface area contributed by atoms with Gasteiger partial charge in [-0.3, -0.25) is 0 Å². The number of hydrogen-bond donors (Lipinski definition) is 1. The predicted molar refractivity (Wildman–Crippen MR) is 71.5 cm³/mol. The molecular weight excluding hydrogens is 293 g/mol. The number of hydrogen-bond acceptors (Lipinski definition) is 3. The lowest BCUT2D eigenvalue weighted by Crippen LogP contribution is -2.00. The molecule has 102 valence electrons. The van der Waals surface area contributed by atoms with Gasteiger partial charge < -0.3 is 5.11 Å². The summed E-state index contributed by atoms with van der Waals surface area (Å²) in [6.45, 7) is 1.93. The topological polar surface area (TPSA) is 20.2 Å². The van der Waals surface area contributed by atoms with Crippen LogP contribution in [0.1, 0.15) is 21.4 Å². The summed E-state index contributed by atoms with van der Waals surface area (Å²) in [5, 5.41) is 10.1. The molecule has 0 bridgehead atoms. The van der Waals surface area contributed by atoms with Crippen LogP contribution in [0.4, 0.5) is 13.2 Å². The molecule has 2 rings (SSSR count). The van der Waals surface area contributed by atoms with Crippen molar-refractivity contribution < 1.29 is 18.3 Å². The second-order valence-electron chi connectivity index (χ2n) is 3.97. The van der Waals surface area contributed by atoms with E-state index in [0.717, 1.165) is 9.75 Å². The fourth-order valence-electron chi connectivity index (χ4n) is 1.62. The van der Waals surface area contributed by atoms with E-state index in [1.165, 1.54) is 35.6 Å². The molecule has 1 unspecified atom stereocenters. The van der Waals surface area contributed by atoms with Gasteiger partial charge in [-0.05, 0) is 48.5 Å². The molecule has 0 aliphatic heterocycles. The van der Waals surface area contributed by atoms with Crippen LogP contribution in [-0.2, 0) is 0 Å². The van der Waals surface area contributed by atoms with Crippen molar-refractivity contribution in [3.63, 3.8) is 0 Å². The van der Waals surface area contributed by atoms with Crippen molar-refractivity contribution in [2.75, 3.05) is 0 Å². The third kappa shape index (κ3) is 3.99. The van der Waals surface area contributed by atoms with Crippen LogP contribution in [0.2, 0.25) is 0 Å². The summed E-state index contributed by atoms with van der Waals surface area (Å²) < 4.78 is 36.6. The number of benzene rings is 1. The number of halogens is 3. The first-order chi connectivity index (χ1) is 8.85. The van der Waals surface area contributed by atoms with E-state index in [2.05, 4.69) is 0 Å². The van der Waals surface area contributed by atoms with Crippen molar-refractivity contribution in [2.45, 2.75) is 23.4 Å². The molecule has 0 amide bonds. The number of thioether (sulfide) groups is 1. The second kappa shape index (κ2) is 5.56. The monoisotopic (exact) mass is 304 g/mol. The lowest BCUT2D eigenvalue weighted by atomic mass is 10.1. The molecule has 6 heteroatoms. The fourth-order valence-corrected chi connectivity index (χ4v) is 3.05. The van der Waals surface area contributed by atoms with Gasteiger partial charge in [0.1, 0.15) is 6.10 Å². The minimum absolute atomic E-state index is 0.116. The highest BCUT2D eigenvalue weighted by atomic mass is 32.2. The molecule has 1 aromatic heterocycles. The van der Waals surface area contributed by atoms with Crippen LogP contribution in [-0.4, -0.2) is 10.6 Å². The van der Waals surface area contributed by atoms with Gasteiger partial charge in [0, 0.05) is 14.6 Å². The molecule has 2 aromatic rings. The Morgan fingerprint density at radius 1 is 1.11 bits per heavy atom. The van der Waals surface area contributed by atoms with Crippen LogP contribution in [0.15, 0.2) is 41.3 Å².